The molecule has 0 unspecified atom stereocenters. The Morgan fingerprint density at radius 1 is 0.971 bits per heavy atom. The highest BCUT2D eigenvalue weighted by Gasteiger charge is 2.18. The lowest BCUT2D eigenvalue weighted by Crippen LogP contribution is -2.38. The molecule has 0 saturated carbocycles. The molecule has 1 aliphatic heterocycles. The quantitative estimate of drug-likeness (QED) is 0.420. The summed E-state index contributed by atoms with van der Waals surface area (Å²) in [4.78, 5) is 25.5. The van der Waals surface area contributed by atoms with E-state index in [4.69, 9.17) is 14.7 Å². The summed E-state index contributed by atoms with van der Waals surface area (Å²) in [6, 6.07) is 16.2. The molecule has 7 heteroatoms. The second-order valence-corrected chi connectivity index (χ2v) is 10.7. The zero-order valence-electron chi connectivity index (χ0n) is 20.0. The van der Waals surface area contributed by atoms with Crippen LogP contribution >= 0.6 is 11.3 Å². The first kappa shape index (κ1) is 22.9. The zero-order valence-corrected chi connectivity index (χ0v) is 20.8. The van der Waals surface area contributed by atoms with E-state index in [0.717, 1.165) is 40.7 Å². The number of fused-ring (bicyclic) bond motifs is 1. The molecule has 34 heavy (non-hydrogen) atoms. The minimum Gasteiger partial charge on any atom is -0.379 e. The Morgan fingerprint density at radius 2 is 1.71 bits per heavy atom. The number of thiazole rings is 1. The van der Waals surface area contributed by atoms with Crippen LogP contribution in [0.1, 0.15) is 37.2 Å². The van der Waals surface area contributed by atoms with Crippen molar-refractivity contribution < 1.29 is 4.74 Å². The average molecular weight is 475 g/mol. The molecule has 1 fully saturated rings. The van der Waals surface area contributed by atoms with Gasteiger partial charge in [0.15, 0.2) is 0 Å². The minimum absolute atomic E-state index is 0.0138. The van der Waals surface area contributed by atoms with Crippen LogP contribution in [0.15, 0.2) is 58.7 Å². The van der Waals surface area contributed by atoms with Gasteiger partial charge in [0.25, 0.3) is 5.56 Å². The highest BCUT2D eigenvalue weighted by atomic mass is 32.1. The highest BCUT2D eigenvalue weighted by Crippen LogP contribution is 2.27. The fourth-order valence-electron chi connectivity index (χ4n) is 4.25. The molecular formula is C27H30N4O2S. The van der Waals surface area contributed by atoms with E-state index in [1.165, 1.54) is 5.56 Å². The standard InChI is InChI=1S/C27H30N4O2S/c1-27(2,3)20-10-8-19(9-11-20)23-18-34-25(29-23)17-31-24(16-30-12-14-33-15-13-30)28-22-7-5-4-6-21(22)26(31)32/h4-11,18H,12-17H2,1-3H3. The molecule has 0 atom stereocenters. The van der Waals surface area contributed by atoms with Gasteiger partial charge in [-0.2, -0.15) is 0 Å². The van der Waals surface area contributed by atoms with Crippen LogP contribution in [0, 0.1) is 0 Å². The smallest absolute Gasteiger partial charge is 0.261 e. The van der Waals surface area contributed by atoms with Crippen molar-refractivity contribution in [2.45, 2.75) is 39.3 Å². The second-order valence-electron chi connectivity index (χ2n) is 9.78. The molecule has 1 aliphatic rings. The highest BCUT2D eigenvalue weighted by molar-refractivity contribution is 7.09. The van der Waals surface area contributed by atoms with Gasteiger partial charge in [-0.25, -0.2) is 9.97 Å². The van der Waals surface area contributed by atoms with Crippen LogP contribution in [0.3, 0.4) is 0 Å². The third kappa shape index (κ3) is 4.82. The van der Waals surface area contributed by atoms with E-state index >= 15 is 0 Å². The van der Waals surface area contributed by atoms with Crippen LogP contribution < -0.4 is 5.56 Å². The van der Waals surface area contributed by atoms with E-state index in [2.05, 4.69) is 55.3 Å². The molecule has 0 amide bonds. The molecule has 3 heterocycles. The third-order valence-electron chi connectivity index (χ3n) is 6.30. The van der Waals surface area contributed by atoms with Gasteiger partial charge in [0.2, 0.25) is 0 Å². The Labute approximate surface area is 203 Å². The Kier molecular flexibility index (Phi) is 6.34. The number of hydrogen-bond acceptors (Lipinski definition) is 6. The number of ether oxygens (including phenoxy) is 1. The average Bonchev–Trinajstić information content (AvgIpc) is 3.30. The fraction of sp³-hybridized carbons (Fsp3) is 0.370. The number of hydrogen-bond donors (Lipinski definition) is 0. The number of nitrogens with zero attached hydrogens (tertiary/aromatic N) is 4. The summed E-state index contributed by atoms with van der Waals surface area (Å²) in [6.45, 7) is 10.8. The molecule has 2 aromatic carbocycles. The predicted molar refractivity (Wildman–Crippen MR) is 137 cm³/mol. The van der Waals surface area contributed by atoms with Gasteiger partial charge >= 0.3 is 0 Å². The number of rotatable bonds is 5. The summed E-state index contributed by atoms with van der Waals surface area (Å²) in [5.41, 5.74) is 4.18. The van der Waals surface area contributed by atoms with Crippen molar-refractivity contribution in [2.24, 2.45) is 0 Å². The Hall–Kier alpha value is -2.87. The minimum atomic E-state index is -0.0138. The number of para-hydroxylation sites is 1. The summed E-state index contributed by atoms with van der Waals surface area (Å²) in [5.74, 6) is 0.775. The number of aromatic nitrogens is 3. The van der Waals surface area contributed by atoms with Gasteiger partial charge in [-0.15, -0.1) is 11.3 Å². The molecule has 4 aromatic rings. The van der Waals surface area contributed by atoms with Gasteiger partial charge in [-0.05, 0) is 23.1 Å². The number of benzene rings is 2. The third-order valence-corrected chi connectivity index (χ3v) is 7.13. The van der Waals surface area contributed by atoms with Crippen molar-refractivity contribution in [3.05, 3.63) is 80.7 Å². The van der Waals surface area contributed by atoms with E-state index < -0.39 is 0 Å². The molecule has 2 aromatic heterocycles. The molecule has 0 aliphatic carbocycles. The van der Waals surface area contributed by atoms with Gasteiger partial charge in [0.1, 0.15) is 10.8 Å². The predicted octanol–water partition coefficient (Wildman–Crippen LogP) is 4.70. The van der Waals surface area contributed by atoms with E-state index in [0.29, 0.717) is 31.7 Å². The first-order chi connectivity index (χ1) is 16.4. The summed E-state index contributed by atoms with van der Waals surface area (Å²) in [5, 5.41) is 3.61. The molecule has 0 radical (unpaired) electrons. The van der Waals surface area contributed by atoms with E-state index in [9.17, 15) is 4.79 Å². The SMILES string of the molecule is CC(C)(C)c1ccc(-c2csc(Cn3c(CN4CCOCC4)nc4ccccc4c3=O)n2)cc1. The lowest BCUT2D eigenvalue weighted by Gasteiger charge is -2.27. The summed E-state index contributed by atoms with van der Waals surface area (Å²) in [6.07, 6.45) is 0. The van der Waals surface area contributed by atoms with Crippen molar-refractivity contribution in [3.63, 3.8) is 0 Å². The lowest BCUT2D eigenvalue weighted by atomic mass is 9.86. The molecule has 6 nitrogen and oxygen atoms in total. The topological polar surface area (TPSA) is 60.2 Å². The maximum absolute atomic E-state index is 13.5. The lowest BCUT2D eigenvalue weighted by molar-refractivity contribution is 0.0325. The maximum Gasteiger partial charge on any atom is 0.261 e. The molecule has 176 valence electrons. The second kappa shape index (κ2) is 9.41. The Balaban J connectivity index is 1.46. The monoisotopic (exact) mass is 474 g/mol. The molecule has 1 saturated heterocycles. The van der Waals surface area contributed by atoms with Gasteiger partial charge < -0.3 is 4.74 Å². The van der Waals surface area contributed by atoms with Crippen LogP contribution in [0.4, 0.5) is 0 Å². The van der Waals surface area contributed by atoms with E-state index in [-0.39, 0.29) is 11.0 Å². The van der Waals surface area contributed by atoms with Gasteiger partial charge in [0.05, 0.1) is 42.9 Å². The van der Waals surface area contributed by atoms with Gasteiger partial charge in [-0.3, -0.25) is 14.3 Å². The Morgan fingerprint density at radius 3 is 2.44 bits per heavy atom. The van der Waals surface area contributed by atoms with Gasteiger partial charge in [0, 0.05) is 24.0 Å². The maximum atomic E-state index is 13.5. The molecule has 0 spiro atoms. The van der Waals surface area contributed by atoms with Crippen LogP contribution in [-0.2, 0) is 23.2 Å². The summed E-state index contributed by atoms with van der Waals surface area (Å²) in [7, 11) is 0. The van der Waals surface area contributed by atoms with E-state index in [1.54, 1.807) is 15.9 Å². The zero-order chi connectivity index (χ0) is 23.7. The normalized spacial score (nSPS) is 15.1. The molecule has 0 bridgehead atoms. The van der Waals surface area contributed by atoms with Crippen molar-refractivity contribution >= 4 is 22.2 Å². The first-order valence-corrected chi connectivity index (χ1v) is 12.6. The van der Waals surface area contributed by atoms with Crippen molar-refractivity contribution in [1.82, 2.24) is 19.4 Å². The summed E-state index contributed by atoms with van der Waals surface area (Å²) >= 11 is 1.59. The number of morpholine rings is 1. The van der Waals surface area contributed by atoms with Crippen molar-refractivity contribution in [3.8, 4) is 11.3 Å². The van der Waals surface area contributed by atoms with Crippen LogP contribution in [0.25, 0.3) is 22.2 Å². The van der Waals surface area contributed by atoms with Crippen LogP contribution in [0.2, 0.25) is 0 Å². The molecule has 0 N–H and O–H groups in total. The van der Waals surface area contributed by atoms with E-state index in [1.807, 2.05) is 24.3 Å². The van der Waals surface area contributed by atoms with Crippen LogP contribution in [0.5, 0.6) is 0 Å². The van der Waals surface area contributed by atoms with Crippen molar-refractivity contribution in [1.29, 1.82) is 0 Å². The first-order valence-electron chi connectivity index (χ1n) is 11.7. The molecular weight excluding hydrogens is 444 g/mol. The summed E-state index contributed by atoms with van der Waals surface area (Å²) < 4.78 is 7.28. The molecule has 5 rings (SSSR count). The van der Waals surface area contributed by atoms with Crippen molar-refractivity contribution in [2.75, 3.05) is 26.3 Å². The van der Waals surface area contributed by atoms with Crippen LogP contribution in [-0.4, -0.2) is 45.7 Å². The van der Waals surface area contributed by atoms with Gasteiger partial charge in [-0.1, -0.05) is 57.2 Å². The Bertz CT molecular complexity index is 1350. The fourth-order valence-corrected chi connectivity index (χ4v) is 5.04. The largest absolute Gasteiger partial charge is 0.379 e.